The molecule has 0 fully saturated rings. The molecule has 0 bridgehead atoms. The van der Waals surface area contributed by atoms with Gasteiger partial charge in [-0.25, -0.2) is 4.79 Å². The molecule has 1 atom stereocenters. The Labute approximate surface area is 109 Å². The lowest BCUT2D eigenvalue weighted by molar-refractivity contribution is -0.138. The molecular weight excluding hydrogens is 264 g/mol. The molecule has 0 radical (unpaired) electrons. The lowest BCUT2D eigenvalue weighted by atomic mass is 10.1. The molecule has 8 nitrogen and oxygen atoms in total. The fourth-order valence-corrected chi connectivity index (χ4v) is 1.32. The van der Waals surface area contributed by atoms with E-state index in [9.17, 15) is 14.5 Å². The first-order valence-corrected chi connectivity index (χ1v) is 5.99. The zero-order valence-corrected chi connectivity index (χ0v) is 10.6. The first-order chi connectivity index (χ1) is 8.52. The van der Waals surface area contributed by atoms with Crippen LogP contribution in [-0.4, -0.2) is 47.1 Å². The van der Waals surface area contributed by atoms with Crippen molar-refractivity contribution in [1.82, 2.24) is 10.3 Å². The second-order valence-corrected chi connectivity index (χ2v) is 3.94. The molecule has 0 spiro atoms. The van der Waals surface area contributed by atoms with Gasteiger partial charge in [0.25, 0.3) is 0 Å². The Morgan fingerprint density at radius 1 is 1.44 bits per heavy atom. The molecule has 0 aliphatic rings. The highest BCUT2D eigenvalue weighted by atomic mass is 35.5. The number of amides is 2. The van der Waals surface area contributed by atoms with Crippen LogP contribution in [0.25, 0.3) is 0 Å². The van der Waals surface area contributed by atoms with Gasteiger partial charge in [0.15, 0.2) is 0 Å². The first kappa shape index (κ1) is 16.6. The van der Waals surface area contributed by atoms with E-state index in [1.54, 1.807) is 0 Å². The van der Waals surface area contributed by atoms with Crippen LogP contribution in [0.1, 0.15) is 19.3 Å². The second-order valence-electron chi connectivity index (χ2n) is 3.57. The van der Waals surface area contributed by atoms with Gasteiger partial charge in [0.2, 0.25) is 0 Å². The lowest BCUT2D eigenvalue weighted by Crippen LogP contribution is -2.38. The zero-order chi connectivity index (χ0) is 14.0. The molecule has 0 aromatic carbocycles. The molecule has 0 rings (SSSR count). The number of nitrogens with one attached hydrogen (secondary N) is 1. The summed E-state index contributed by atoms with van der Waals surface area (Å²) in [7, 11) is 0. The van der Waals surface area contributed by atoms with Crippen LogP contribution in [-0.2, 0) is 4.79 Å². The fraction of sp³-hybridized carbons (Fsp3) is 0.778. The Hall–Kier alpha value is -1.41. The number of carboxylic acids is 1. The number of nitrogens with two attached hydrogens (primary N) is 1. The normalized spacial score (nSPS) is 11.7. The molecule has 18 heavy (non-hydrogen) atoms. The minimum absolute atomic E-state index is 0.0424. The molecule has 104 valence electrons. The maximum Gasteiger partial charge on any atom is 0.340 e. The van der Waals surface area contributed by atoms with Crippen molar-refractivity contribution in [2.45, 2.75) is 25.3 Å². The van der Waals surface area contributed by atoms with E-state index in [1.807, 2.05) is 0 Å². The number of carbonyl (C=O) groups is 2. The SMILES string of the molecule is NC(CCCCNC(=O)N(CCCl)N=O)C(=O)O. The number of carboxylic acid groups (broad SMARTS) is 1. The Kier molecular flexibility index (Phi) is 8.85. The summed E-state index contributed by atoms with van der Waals surface area (Å²) in [6.07, 6.45) is 1.47. The van der Waals surface area contributed by atoms with Gasteiger partial charge in [0.05, 0.1) is 11.8 Å². The highest BCUT2D eigenvalue weighted by Gasteiger charge is 2.13. The van der Waals surface area contributed by atoms with Crippen molar-refractivity contribution in [2.24, 2.45) is 11.0 Å². The summed E-state index contributed by atoms with van der Waals surface area (Å²) < 4.78 is 0. The number of nitroso groups, excluding NO2 is 1. The van der Waals surface area contributed by atoms with E-state index in [1.165, 1.54) is 0 Å². The summed E-state index contributed by atoms with van der Waals surface area (Å²) >= 11 is 5.38. The van der Waals surface area contributed by atoms with Crippen molar-refractivity contribution in [3.63, 3.8) is 0 Å². The standard InChI is InChI=1S/C9H17ClN4O4/c10-4-6-14(13-18)9(17)12-5-2-1-3-7(11)8(15)16/h7H,1-6,11H2,(H,12,17)(H,15,16). The predicted octanol–water partition coefficient (Wildman–Crippen LogP) is 0.500. The molecule has 0 saturated carbocycles. The van der Waals surface area contributed by atoms with E-state index >= 15 is 0 Å². The Balaban J connectivity index is 3.68. The third-order valence-corrected chi connectivity index (χ3v) is 2.33. The second kappa shape index (κ2) is 9.60. The lowest BCUT2D eigenvalue weighted by Gasteiger charge is -2.12. The van der Waals surface area contributed by atoms with Crippen molar-refractivity contribution in [2.75, 3.05) is 19.0 Å². The van der Waals surface area contributed by atoms with Crippen molar-refractivity contribution >= 4 is 23.6 Å². The van der Waals surface area contributed by atoms with Crippen LogP contribution in [0.2, 0.25) is 0 Å². The molecule has 2 amide bonds. The van der Waals surface area contributed by atoms with Crippen LogP contribution < -0.4 is 11.1 Å². The average molecular weight is 281 g/mol. The molecule has 0 aromatic heterocycles. The van der Waals surface area contributed by atoms with Gasteiger partial charge in [-0.3, -0.25) is 4.79 Å². The fourth-order valence-electron chi connectivity index (χ4n) is 1.16. The summed E-state index contributed by atoms with van der Waals surface area (Å²) in [4.78, 5) is 32.0. The smallest absolute Gasteiger partial charge is 0.340 e. The summed E-state index contributed by atoms with van der Waals surface area (Å²) in [6, 6.07) is -1.50. The van der Waals surface area contributed by atoms with E-state index in [0.29, 0.717) is 30.8 Å². The van der Waals surface area contributed by atoms with Gasteiger partial charge in [-0.2, -0.15) is 5.01 Å². The molecule has 1 unspecified atom stereocenters. The number of nitrogens with zero attached hydrogens (tertiary/aromatic N) is 2. The predicted molar refractivity (Wildman–Crippen MR) is 66.1 cm³/mol. The Bertz CT molecular complexity index is 290. The molecule has 9 heteroatoms. The maximum atomic E-state index is 11.3. The highest BCUT2D eigenvalue weighted by molar-refractivity contribution is 6.18. The van der Waals surface area contributed by atoms with Crippen LogP contribution in [0.5, 0.6) is 0 Å². The summed E-state index contributed by atoms with van der Waals surface area (Å²) in [5.41, 5.74) is 5.30. The minimum atomic E-state index is -1.04. The van der Waals surface area contributed by atoms with E-state index < -0.39 is 18.0 Å². The molecule has 0 saturated heterocycles. The molecule has 0 aliphatic heterocycles. The first-order valence-electron chi connectivity index (χ1n) is 5.46. The van der Waals surface area contributed by atoms with Gasteiger partial charge in [0.1, 0.15) is 6.04 Å². The van der Waals surface area contributed by atoms with Crippen molar-refractivity contribution in [1.29, 1.82) is 0 Å². The number of halogens is 1. The summed E-state index contributed by atoms with van der Waals surface area (Å²) in [5.74, 6) is -0.926. The highest BCUT2D eigenvalue weighted by Crippen LogP contribution is 1.99. The molecule has 0 aromatic rings. The van der Waals surface area contributed by atoms with Crippen LogP contribution in [0.15, 0.2) is 5.29 Å². The molecular formula is C9H17ClN4O4. The number of alkyl halides is 1. The van der Waals surface area contributed by atoms with Crippen molar-refractivity contribution in [3.8, 4) is 0 Å². The Morgan fingerprint density at radius 2 is 2.11 bits per heavy atom. The van der Waals surface area contributed by atoms with Gasteiger partial charge in [0, 0.05) is 12.4 Å². The summed E-state index contributed by atoms with van der Waals surface area (Å²) in [6.45, 7) is 0.361. The third kappa shape index (κ3) is 7.02. The number of unbranched alkanes of at least 4 members (excludes halogenated alkanes) is 1. The number of carbonyl (C=O) groups excluding carboxylic acids is 1. The number of aliphatic carboxylic acids is 1. The van der Waals surface area contributed by atoms with E-state index in [2.05, 4.69) is 10.6 Å². The van der Waals surface area contributed by atoms with Crippen molar-refractivity contribution in [3.05, 3.63) is 4.91 Å². The van der Waals surface area contributed by atoms with Crippen LogP contribution in [0.3, 0.4) is 0 Å². The average Bonchev–Trinajstić information content (AvgIpc) is 2.34. The van der Waals surface area contributed by atoms with E-state index in [0.717, 1.165) is 0 Å². The summed E-state index contributed by atoms with van der Waals surface area (Å²) in [5, 5.41) is 14.2. The van der Waals surface area contributed by atoms with Crippen molar-refractivity contribution < 1.29 is 14.7 Å². The number of rotatable bonds is 9. The quantitative estimate of drug-likeness (QED) is 0.245. The number of urea groups is 1. The van der Waals surface area contributed by atoms with Gasteiger partial charge in [-0.1, -0.05) is 0 Å². The third-order valence-electron chi connectivity index (χ3n) is 2.16. The monoisotopic (exact) mass is 280 g/mol. The van der Waals surface area contributed by atoms with Gasteiger partial charge >= 0.3 is 12.0 Å². The van der Waals surface area contributed by atoms with Crippen LogP contribution >= 0.6 is 11.6 Å². The molecule has 0 aliphatic carbocycles. The van der Waals surface area contributed by atoms with Crippen LogP contribution in [0.4, 0.5) is 4.79 Å². The van der Waals surface area contributed by atoms with Crippen LogP contribution in [0, 0.1) is 4.91 Å². The Morgan fingerprint density at radius 3 is 2.61 bits per heavy atom. The van der Waals surface area contributed by atoms with E-state index in [4.69, 9.17) is 22.4 Å². The maximum absolute atomic E-state index is 11.3. The molecule has 0 heterocycles. The topological polar surface area (TPSA) is 125 Å². The largest absolute Gasteiger partial charge is 0.480 e. The van der Waals surface area contributed by atoms with E-state index in [-0.39, 0.29) is 12.4 Å². The minimum Gasteiger partial charge on any atom is -0.480 e. The van der Waals surface area contributed by atoms with Gasteiger partial charge in [-0.15, -0.1) is 16.5 Å². The van der Waals surface area contributed by atoms with Gasteiger partial charge < -0.3 is 16.2 Å². The number of hydrogen-bond acceptors (Lipinski definition) is 5. The van der Waals surface area contributed by atoms with Gasteiger partial charge in [-0.05, 0) is 19.3 Å². The molecule has 4 N–H and O–H groups in total. The zero-order valence-electron chi connectivity index (χ0n) is 9.84. The number of hydrogen-bond donors (Lipinski definition) is 3.